The number of ether oxygens (including phenoxy) is 1. The number of sulfonamides is 1. The highest BCUT2D eigenvalue weighted by molar-refractivity contribution is 7.92. The molecule has 0 unspecified atom stereocenters. The van der Waals surface area contributed by atoms with Crippen LogP contribution < -0.4 is 14.4 Å². The third-order valence-electron chi connectivity index (χ3n) is 4.24. The minimum atomic E-state index is -4.04. The molecule has 3 aromatic carbocycles. The van der Waals surface area contributed by atoms with E-state index in [9.17, 15) is 17.6 Å². The number of nitrogens with zero attached hydrogens (tertiary/aromatic N) is 1. The molecule has 0 spiro atoms. The van der Waals surface area contributed by atoms with Crippen LogP contribution in [-0.4, -0.2) is 27.0 Å². The second kappa shape index (κ2) is 9.61. The Morgan fingerprint density at radius 3 is 2.16 bits per heavy atom. The Kier molecular flexibility index (Phi) is 6.91. The van der Waals surface area contributed by atoms with E-state index in [1.807, 2.05) is 13.8 Å². The largest absolute Gasteiger partial charge is 0.491 e. The fourth-order valence-electron chi connectivity index (χ4n) is 2.86. The maximum atomic E-state index is 13.4. The van der Waals surface area contributed by atoms with Crippen LogP contribution in [0.4, 0.5) is 15.8 Å². The van der Waals surface area contributed by atoms with Gasteiger partial charge in [-0.15, -0.1) is 0 Å². The van der Waals surface area contributed by atoms with Crippen molar-refractivity contribution in [2.75, 3.05) is 16.2 Å². The quantitative estimate of drug-likeness (QED) is 0.559. The SMILES string of the molecule is CC(C)Oc1ccc(NC(=O)CN(c2ccc(F)cc2)S(=O)(=O)c2ccccc2)cc1. The molecule has 3 rings (SSSR count). The highest BCUT2D eigenvalue weighted by Crippen LogP contribution is 2.24. The first-order valence-electron chi connectivity index (χ1n) is 9.65. The molecule has 31 heavy (non-hydrogen) atoms. The molecule has 3 aromatic rings. The number of anilines is 2. The number of benzene rings is 3. The number of amides is 1. The van der Waals surface area contributed by atoms with Gasteiger partial charge in [0.15, 0.2) is 0 Å². The van der Waals surface area contributed by atoms with Gasteiger partial charge in [0.1, 0.15) is 18.1 Å². The van der Waals surface area contributed by atoms with Gasteiger partial charge in [0, 0.05) is 5.69 Å². The van der Waals surface area contributed by atoms with Crippen molar-refractivity contribution in [2.24, 2.45) is 0 Å². The Labute approximate surface area is 181 Å². The van der Waals surface area contributed by atoms with Crippen molar-refractivity contribution in [1.29, 1.82) is 0 Å². The number of halogens is 1. The first kappa shape index (κ1) is 22.3. The second-order valence-corrected chi connectivity index (χ2v) is 8.90. The zero-order valence-corrected chi connectivity index (χ0v) is 18.0. The molecule has 162 valence electrons. The van der Waals surface area contributed by atoms with Gasteiger partial charge in [-0.25, -0.2) is 12.8 Å². The lowest BCUT2D eigenvalue weighted by Crippen LogP contribution is -2.38. The number of hydrogen-bond acceptors (Lipinski definition) is 4. The van der Waals surface area contributed by atoms with Crippen molar-refractivity contribution in [3.63, 3.8) is 0 Å². The summed E-state index contributed by atoms with van der Waals surface area (Å²) in [6.07, 6.45) is 0.0212. The van der Waals surface area contributed by atoms with Gasteiger partial charge in [0.25, 0.3) is 10.0 Å². The molecule has 0 heterocycles. The van der Waals surface area contributed by atoms with Gasteiger partial charge in [0.05, 0.1) is 16.7 Å². The van der Waals surface area contributed by atoms with Gasteiger partial charge >= 0.3 is 0 Å². The first-order valence-corrected chi connectivity index (χ1v) is 11.1. The first-order chi connectivity index (χ1) is 14.8. The average Bonchev–Trinajstić information content (AvgIpc) is 2.74. The summed E-state index contributed by atoms with van der Waals surface area (Å²) in [5, 5.41) is 2.68. The van der Waals surface area contributed by atoms with E-state index in [0.717, 1.165) is 16.4 Å². The highest BCUT2D eigenvalue weighted by atomic mass is 32.2. The Morgan fingerprint density at radius 1 is 0.968 bits per heavy atom. The molecule has 0 aliphatic rings. The monoisotopic (exact) mass is 442 g/mol. The predicted octanol–water partition coefficient (Wildman–Crippen LogP) is 4.45. The summed E-state index contributed by atoms with van der Waals surface area (Å²) in [5.41, 5.74) is 0.679. The number of rotatable bonds is 8. The summed E-state index contributed by atoms with van der Waals surface area (Å²) in [7, 11) is -4.04. The zero-order valence-electron chi connectivity index (χ0n) is 17.2. The van der Waals surface area contributed by atoms with E-state index in [2.05, 4.69) is 5.32 Å². The lowest BCUT2D eigenvalue weighted by molar-refractivity contribution is -0.114. The minimum absolute atomic E-state index is 0.0212. The van der Waals surface area contributed by atoms with E-state index in [-0.39, 0.29) is 16.7 Å². The van der Waals surface area contributed by atoms with Gasteiger partial charge in [0.2, 0.25) is 5.91 Å². The third-order valence-corrected chi connectivity index (χ3v) is 6.03. The second-order valence-electron chi connectivity index (χ2n) is 7.04. The van der Waals surface area contributed by atoms with Crippen LogP contribution in [0.5, 0.6) is 5.75 Å². The van der Waals surface area contributed by atoms with E-state index in [1.165, 1.54) is 24.3 Å². The minimum Gasteiger partial charge on any atom is -0.491 e. The number of nitrogens with one attached hydrogen (secondary N) is 1. The molecule has 0 aliphatic carbocycles. The lowest BCUT2D eigenvalue weighted by Gasteiger charge is -2.24. The smallest absolute Gasteiger partial charge is 0.264 e. The van der Waals surface area contributed by atoms with Crippen molar-refractivity contribution in [3.8, 4) is 5.75 Å². The molecule has 0 fully saturated rings. The molecule has 0 saturated heterocycles. The van der Waals surface area contributed by atoms with Crippen LogP contribution in [0.1, 0.15) is 13.8 Å². The van der Waals surface area contributed by atoms with E-state index in [0.29, 0.717) is 11.4 Å². The molecule has 0 atom stereocenters. The molecule has 0 aliphatic heterocycles. The van der Waals surface area contributed by atoms with Gasteiger partial charge < -0.3 is 10.1 Å². The standard InChI is InChI=1S/C23H23FN2O4S/c1-17(2)30-21-14-10-19(11-15-21)25-23(27)16-26(20-12-8-18(24)9-13-20)31(28,29)22-6-4-3-5-7-22/h3-15,17H,16H2,1-2H3,(H,25,27). The Hall–Kier alpha value is -3.39. The van der Waals surface area contributed by atoms with Gasteiger partial charge in [-0.05, 0) is 74.5 Å². The highest BCUT2D eigenvalue weighted by Gasteiger charge is 2.27. The maximum absolute atomic E-state index is 13.4. The summed E-state index contributed by atoms with van der Waals surface area (Å²) >= 11 is 0. The van der Waals surface area contributed by atoms with E-state index in [4.69, 9.17) is 4.74 Å². The molecule has 0 bridgehead atoms. The average molecular weight is 443 g/mol. The normalized spacial score (nSPS) is 11.2. The molecule has 1 N–H and O–H groups in total. The summed E-state index contributed by atoms with van der Waals surface area (Å²) in [4.78, 5) is 12.7. The van der Waals surface area contributed by atoms with Crippen LogP contribution in [0.25, 0.3) is 0 Å². The maximum Gasteiger partial charge on any atom is 0.264 e. The fourth-order valence-corrected chi connectivity index (χ4v) is 4.30. The number of hydrogen-bond donors (Lipinski definition) is 1. The summed E-state index contributed by atoms with van der Waals surface area (Å²) in [6, 6.07) is 19.5. The van der Waals surface area contributed by atoms with Crippen molar-refractivity contribution in [1.82, 2.24) is 0 Å². The predicted molar refractivity (Wildman–Crippen MR) is 118 cm³/mol. The van der Waals surface area contributed by atoms with Crippen LogP contribution in [0.2, 0.25) is 0 Å². The van der Waals surface area contributed by atoms with Crippen LogP contribution >= 0.6 is 0 Å². The molecule has 6 nitrogen and oxygen atoms in total. The molecular weight excluding hydrogens is 419 g/mol. The molecule has 8 heteroatoms. The van der Waals surface area contributed by atoms with Gasteiger partial charge in [-0.2, -0.15) is 0 Å². The fraction of sp³-hybridized carbons (Fsp3) is 0.174. The van der Waals surface area contributed by atoms with Crippen molar-refractivity contribution < 1.29 is 22.3 Å². The summed E-state index contributed by atoms with van der Waals surface area (Å²) in [6.45, 7) is 3.34. The molecule has 0 aromatic heterocycles. The van der Waals surface area contributed by atoms with Crippen LogP contribution in [-0.2, 0) is 14.8 Å². The number of carbonyl (C=O) groups excluding carboxylic acids is 1. The van der Waals surface area contributed by atoms with Gasteiger partial charge in [-0.1, -0.05) is 18.2 Å². The number of carbonyl (C=O) groups is 1. The molecule has 1 amide bonds. The summed E-state index contributed by atoms with van der Waals surface area (Å²) in [5.74, 6) is -0.386. The Morgan fingerprint density at radius 2 is 1.58 bits per heavy atom. The summed E-state index contributed by atoms with van der Waals surface area (Å²) < 4.78 is 46.3. The van der Waals surface area contributed by atoms with Crippen molar-refractivity contribution in [3.05, 3.63) is 84.7 Å². The van der Waals surface area contributed by atoms with Crippen LogP contribution in [0.3, 0.4) is 0 Å². The Bertz CT molecular complexity index is 1120. The van der Waals surface area contributed by atoms with Crippen molar-refractivity contribution in [2.45, 2.75) is 24.8 Å². The van der Waals surface area contributed by atoms with E-state index in [1.54, 1.807) is 42.5 Å². The van der Waals surface area contributed by atoms with Crippen molar-refractivity contribution >= 4 is 27.3 Å². The van der Waals surface area contributed by atoms with Crippen LogP contribution in [0.15, 0.2) is 83.8 Å². The molecular formula is C23H23FN2O4S. The Balaban J connectivity index is 1.83. The van der Waals surface area contributed by atoms with E-state index < -0.39 is 28.3 Å². The third kappa shape index (κ3) is 5.82. The van der Waals surface area contributed by atoms with Crippen LogP contribution in [0, 0.1) is 5.82 Å². The zero-order chi connectivity index (χ0) is 22.4. The lowest BCUT2D eigenvalue weighted by atomic mass is 10.3. The van der Waals surface area contributed by atoms with E-state index >= 15 is 0 Å². The molecule has 0 saturated carbocycles. The molecule has 0 radical (unpaired) electrons. The topological polar surface area (TPSA) is 75.7 Å². The van der Waals surface area contributed by atoms with Gasteiger partial charge in [-0.3, -0.25) is 9.10 Å².